The summed E-state index contributed by atoms with van der Waals surface area (Å²) in [7, 11) is 0. The van der Waals surface area contributed by atoms with Crippen LogP contribution in [0.2, 0.25) is 0 Å². The molecule has 0 N–H and O–H groups in total. The fourth-order valence-electron chi connectivity index (χ4n) is 6.42. The number of nitrogens with zero attached hydrogens (tertiary/aromatic N) is 1. The van der Waals surface area contributed by atoms with Gasteiger partial charge in [0.25, 0.3) is 0 Å². The smallest absolute Gasteiger partial charge is 0.410 e. The normalized spacial score (nSPS) is 22.3. The molecule has 0 aromatic heterocycles. The van der Waals surface area contributed by atoms with Gasteiger partial charge in [0.1, 0.15) is 24.0 Å². The number of rotatable bonds is 5. The van der Waals surface area contributed by atoms with Crippen LogP contribution >= 0.6 is 0 Å². The van der Waals surface area contributed by atoms with E-state index in [9.17, 15) is 18.4 Å². The van der Waals surface area contributed by atoms with Gasteiger partial charge in [-0.1, -0.05) is 48.5 Å². The minimum absolute atomic E-state index is 0.000663. The van der Waals surface area contributed by atoms with Gasteiger partial charge in [-0.05, 0) is 71.7 Å². The molecule has 2 bridgehead atoms. The van der Waals surface area contributed by atoms with Crippen molar-refractivity contribution in [3.8, 4) is 11.1 Å². The lowest BCUT2D eigenvalue weighted by molar-refractivity contribution is -0.124. The molecule has 1 aliphatic carbocycles. The minimum atomic E-state index is -0.566. The van der Waals surface area contributed by atoms with Crippen LogP contribution in [0.5, 0.6) is 0 Å². The Morgan fingerprint density at radius 1 is 0.861 bits per heavy atom. The SMILES string of the molecule is O=C(Cc1cc(F)ccc1F)C1CC2CCC(C1)N2C(=O)OCC1c2ccccc2-c2ccccc21. The molecule has 2 atom stereocenters. The molecule has 3 aromatic carbocycles. The van der Waals surface area contributed by atoms with Gasteiger partial charge in [-0.25, -0.2) is 13.6 Å². The number of benzene rings is 3. The van der Waals surface area contributed by atoms with Crippen molar-refractivity contribution in [1.82, 2.24) is 4.90 Å². The van der Waals surface area contributed by atoms with Crippen LogP contribution in [0.3, 0.4) is 0 Å². The number of halogens is 2. The third-order valence-corrected chi connectivity index (χ3v) is 8.11. The second kappa shape index (κ2) is 9.16. The number of ketones is 1. The summed E-state index contributed by atoms with van der Waals surface area (Å²) >= 11 is 0. The van der Waals surface area contributed by atoms with E-state index in [-0.39, 0.29) is 54.4 Å². The molecule has 0 saturated carbocycles. The predicted molar refractivity (Wildman–Crippen MR) is 132 cm³/mol. The Morgan fingerprint density at radius 3 is 2.11 bits per heavy atom. The molecule has 6 rings (SSSR count). The summed E-state index contributed by atoms with van der Waals surface area (Å²) in [4.78, 5) is 28.0. The Bertz CT molecular complexity index is 1280. The number of Topliss-reactive ketones (excluding diaryl/α,β-unsaturated/α-hetero) is 1. The Hall–Kier alpha value is -3.54. The van der Waals surface area contributed by atoms with Crippen LogP contribution in [0, 0.1) is 17.6 Å². The molecule has 2 heterocycles. The number of fused-ring (bicyclic) bond motifs is 5. The van der Waals surface area contributed by atoms with E-state index < -0.39 is 11.6 Å². The van der Waals surface area contributed by atoms with Gasteiger partial charge in [-0.2, -0.15) is 0 Å². The zero-order valence-electron chi connectivity index (χ0n) is 19.8. The maximum Gasteiger partial charge on any atom is 0.410 e. The molecule has 2 unspecified atom stereocenters. The highest BCUT2D eigenvalue weighted by molar-refractivity contribution is 5.84. The van der Waals surface area contributed by atoms with Gasteiger partial charge in [0, 0.05) is 30.3 Å². The van der Waals surface area contributed by atoms with E-state index in [2.05, 4.69) is 24.3 Å². The highest BCUT2D eigenvalue weighted by atomic mass is 19.1. The van der Waals surface area contributed by atoms with E-state index in [1.165, 1.54) is 22.3 Å². The van der Waals surface area contributed by atoms with Crippen molar-refractivity contribution < 1.29 is 23.1 Å². The lowest BCUT2D eigenvalue weighted by Crippen LogP contribution is -2.48. The molecule has 36 heavy (non-hydrogen) atoms. The van der Waals surface area contributed by atoms with Crippen molar-refractivity contribution in [2.75, 3.05) is 6.61 Å². The van der Waals surface area contributed by atoms with Crippen molar-refractivity contribution in [2.24, 2.45) is 5.92 Å². The van der Waals surface area contributed by atoms with Gasteiger partial charge in [0.15, 0.2) is 0 Å². The molecule has 2 aliphatic heterocycles. The quantitative estimate of drug-likeness (QED) is 0.426. The van der Waals surface area contributed by atoms with Crippen molar-refractivity contribution in [2.45, 2.75) is 50.1 Å². The van der Waals surface area contributed by atoms with Crippen LogP contribution < -0.4 is 0 Å². The first-order valence-corrected chi connectivity index (χ1v) is 12.6. The topological polar surface area (TPSA) is 46.6 Å². The van der Waals surface area contributed by atoms with E-state index in [1.54, 1.807) is 0 Å². The van der Waals surface area contributed by atoms with Crippen LogP contribution in [0.1, 0.15) is 48.3 Å². The van der Waals surface area contributed by atoms with Crippen molar-refractivity contribution in [1.29, 1.82) is 0 Å². The van der Waals surface area contributed by atoms with Gasteiger partial charge < -0.3 is 9.64 Å². The summed E-state index contributed by atoms with van der Waals surface area (Å²) in [6, 6.07) is 19.5. The number of carbonyl (C=O) groups excluding carboxylic acids is 2. The molecule has 4 nitrogen and oxygen atoms in total. The monoisotopic (exact) mass is 487 g/mol. The van der Waals surface area contributed by atoms with Gasteiger partial charge in [0.2, 0.25) is 0 Å². The number of carbonyl (C=O) groups is 2. The number of hydrogen-bond acceptors (Lipinski definition) is 3. The summed E-state index contributed by atoms with van der Waals surface area (Å²) in [6.07, 6.45) is 2.28. The molecule has 184 valence electrons. The second-order valence-electron chi connectivity index (χ2n) is 10.1. The highest BCUT2D eigenvalue weighted by Gasteiger charge is 2.46. The second-order valence-corrected chi connectivity index (χ2v) is 10.1. The number of ether oxygens (including phenoxy) is 1. The molecule has 6 heteroatoms. The molecule has 2 fully saturated rings. The van der Waals surface area contributed by atoms with Gasteiger partial charge in [-0.15, -0.1) is 0 Å². The van der Waals surface area contributed by atoms with E-state index in [0.29, 0.717) is 12.8 Å². The van der Waals surface area contributed by atoms with E-state index in [4.69, 9.17) is 4.74 Å². The van der Waals surface area contributed by atoms with Crippen LogP contribution in [-0.2, 0) is 16.0 Å². The summed E-state index contributed by atoms with van der Waals surface area (Å²) in [5.74, 6) is -1.47. The molecule has 0 radical (unpaired) electrons. The number of hydrogen-bond donors (Lipinski definition) is 0. The fraction of sp³-hybridized carbons (Fsp3) is 0.333. The maximum absolute atomic E-state index is 14.0. The lowest BCUT2D eigenvalue weighted by Gasteiger charge is -2.37. The van der Waals surface area contributed by atoms with Crippen LogP contribution in [0.25, 0.3) is 11.1 Å². The van der Waals surface area contributed by atoms with Gasteiger partial charge in [0.05, 0.1) is 0 Å². The third-order valence-electron chi connectivity index (χ3n) is 8.11. The van der Waals surface area contributed by atoms with E-state index >= 15 is 0 Å². The average molecular weight is 488 g/mol. The molecule has 2 saturated heterocycles. The Kier molecular flexibility index (Phi) is 5.82. The van der Waals surface area contributed by atoms with Crippen LogP contribution in [0.15, 0.2) is 66.7 Å². The lowest BCUT2D eigenvalue weighted by atomic mass is 9.85. The van der Waals surface area contributed by atoms with Crippen LogP contribution in [-0.4, -0.2) is 35.5 Å². The summed E-state index contributed by atoms with van der Waals surface area (Å²) < 4.78 is 33.5. The van der Waals surface area contributed by atoms with Crippen LogP contribution in [0.4, 0.5) is 13.6 Å². The van der Waals surface area contributed by atoms with Crippen molar-refractivity contribution in [3.05, 3.63) is 95.1 Å². The first-order chi connectivity index (χ1) is 17.5. The fourth-order valence-corrected chi connectivity index (χ4v) is 6.42. The number of piperidine rings is 1. The van der Waals surface area contributed by atoms with Crippen molar-refractivity contribution >= 4 is 11.9 Å². The Balaban J connectivity index is 1.11. The molecule has 3 aromatic rings. The summed E-state index contributed by atoms with van der Waals surface area (Å²) in [6.45, 7) is 0.268. The zero-order valence-corrected chi connectivity index (χ0v) is 19.8. The van der Waals surface area contributed by atoms with Crippen molar-refractivity contribution in [3.63, 3.8) is 0 Å². The zero-order chi connectivity index (χ0) is 24.8. The predicted octanol–water partition coefficient (Wildman–Crippen LogP) is 6.27. The maximum atomic E-state index is 14.0. The third kappa shape index (κ3) is 3.98. The summed E-state index contributed by atoms with van der Waals surface area (Å²) in [5.41, 5.74) is 4.80. The molecule has 0 spiro atoms. The standard InChI is InChI=1S/C30H27F2NO3/c31-20-9-12-28(32)18(13-20)16-29(34)19-14-21-10-11-22(15-19)33(21)30(35)36-17-27-25-7-3-1-5-23(25)24-6-2-4-8-26(24)27/h1-9,12-13,19,21-22,27H,10-11,14-17H2. The molecular formula is C30H27F2NO3. The average Bonchev–Trinajstić information content (AvgIpc) is 3.35. The molecule has 1 amide bonds. The first kappa shape index (κ1) is 22.9. The van der Waals surface area contributed by atoms with E-state index in [0.717, 1.165) is 31.0 Å². The minimum Gasteiger partial charge on any atom is -0.448 e. The Labute approximate surface area is 208 Å². The largest absolute Gasteiger partial charge is 0.448 e. The molecular weight excluding hydrogens is 460 g/mol. The van der Waals surface area contributed by atoms with Gasteiger partial charge in [-0.3, -0.25) is 4.79 Å². The first-order valence-electron chi connectivity index (χ1n) is 12.6. The van der Waals surface area contributed by atoms with Gasteiger partial charge >= 0.3 is 6.09 Å². The molecule has 3 aliphatic rings. The highest BCUT2D eigenvalue weighted by Crippen LogP contribution is 2.45. The number of amides is 1. The summed E-state index contributed by atoms with van der Waals surface area (Å²) in [5, 5.41) is 0. The van der Waals surface area contributed by atoms with E-state index in [1.807, 2.05) is 29.2 Å². The Morgan fingerprint density at radius 2 is 1.47 bits per heavy atom.